The van der Waals surface area contributed by atoms with Gasteiger partial charge in [-0.3, -0.25) is 14.7 Å². The first-order valence-electron chi connectivity index (χ1n) is 9.98. The summed E-state index contributed by atoms with van der Waals surface area (Å²) in [4.78, 5) is 19.4. The highest BCUT2D eigenvalue weighted by molar-refractivity contribution is 5.92. The number of piperidine rings is 3. The van der Waals surface area contributed by atoms with Crippen molar-refractivity contribution in [3.8, 4) is 5.75 Å². The predicted molar refractivity (Wildman–Crippen MR) is 110 cm³/mol. The van der Waals surface area contributed by atoms with E-state index in [1.807, 2.05) is 42.6 Å². The summed E-state index contributed by atoms with van der Waals surface area (Å²) in [5.74, 6) is 1.35. The minimum Gasteiger partial charge on any atom is -0.497 e. The van der Waals surface area contributed by atoms with Crippen LogP contribution < -0.4 is 10.1 Å². The number of carbonyl (C=O) groups excluding carboxylic acids is 1. The molecule has 1 aromatic carbocycles. The average Bonchev–Trinajstić information content (AvgIpc) is 2.76. The number of fused-ring (bicyclic) bond motifs is 3. The molecule has 1 N–H and O–H groups in total. The third kappa shape index (κ3) is 4.25. The maximum absolute atomic E-state index is 12.6. The summed E-state index contributed by atoms with van der Waals surface area (Å²) in [6.07, 6.45) is 10.5. The zero-order valence-electron chi connectivity index (χ0n) is 16.3. The monoisotopic (exact) mass is 377 g/mol. The molecule has 1 aromatic heterocycles. The lowest BCUT2D eigenvalue weighted by Gasteiger charge is -2.51. The minimum atomic E-state index is -0.0224. The number of nitrogens with one attached hydrogen (secondary N) is 1. The van der Waals surface area contributed by atoms with Crippen molar-refractivity contribution in [1.29, 1.82) is 0 Å². The summed E-state index contributed by atoms with van der Waals surface area (Å²) in [6, 6.07) is 12.3. The van der Waals surface area contributed by atoms with E-state index in [-0.39, 0.29) is 11.9 Å². The van der Waals surface area contributed by atoms with E-state index in [0.717, 1.165) is 43.7 Å². The van der Waals surface area contributed by atoms with Crippen LogP contribution in [0, 0.1) is 5.92 Å². The van der Waals surface area contributed by atoms with Crippen molar-refractivity contribution in [2.75, 3.05) is 20.2 Å². The van der Waals surface area contributed by atoms with E-state index < -0.39 is 0 Å². The van der Waals surface area contributed by atoms with Gasteiger partial charge in [-0.2, -0.15) is 0 Å². The molecule has 146 valence electrons. The van der Waals surface area contributed by atoms with E-state index in [4.69, 9.17) is 4.74 Å². The molecule has 2 unspecified atom stereocenters. The lowest BCUT2D eigenvalue weighted by atomic mass is 9.77. The second kappa shape index (κ2) is 8.57. The summed E-state index contributed by atoms with van der Waals surface area (Å²) >= 11 is 0. The van der Waals surface area contributed by atoms with E-state index in [0.29, 0.717) is 12.0 Å². The fourth-order valence-corrected chi connectivity index (χ4v) is 4.48. The van der Waals surface area contributed by atoms with Crippen LogP contribution in [-0.2, 0) is 11.2 Å². The van der Waals surface area contributed by atoms with Crippen LogP contribution in [0.25, 0.3) is 6.08 Å². The van der Waals surface area contributed by atoms with Crippen LogP contribution in [0.3, 0.4) is 0 Å². The Bertz CT molecular complexity index is 812. The van der Waals surface area contributed by atoms with Crippen LogP contribution in [0.1, 0.15) is 24.0 Å². The predicted octanol–water partition coefficient (Wildman–Crippen LogP) is 2.93. The second-order valence-corrected chi connectivity index (χ2v) is 7.65. The molecule has 3 aliphatic heterocycles. The highest BCUT2D eigenvalue weighted by Crippen LogP contribution is 2.34. The summed E-state index contributed by atoms with van der Waals surface area (Å²) in [5, 5.41) is 3.30. The Morgan fingerprint density at radius 2 is 2.04 bits per heavy atom. The van der Waals surface area contributed by atoms with Gasteiger partial charge in [-0.15, -0.1) is 0 Å². The van der Waals surface area contributed by atoms with Crippen LogP contribution in [-0.4, -0.2) is 48.1 Å². The Hall–Kier alpha value is -2.66. The Morgan fingerprint density at radius 1 is 1.25 bits per heavy atom. The molecule has 0 saturated carbocycles. The van der Waals surface area contributed by atoms with Crippen LogP contribution in [0.15, 0.2) is 54.9 Å². The Kier molecular flexibility index (Phi) is 5.72. The highest BCUT2D eigenvalue weighted by Gasteiger charge is 2.42. The zero-order valence-corrected chi connectivity index (χ0v) is 16.3. The number of ether oxygens (including phenoxy) is 1. The van der Waals surface area contributed by atoms with Gasteiger partial charge in [0.2, 0.25) is 5.91 Å². The van der Waals surface area contributed by atoms with E-state index in [9.17, 15) is 4.79 Å². The van der Waals surface area contributed by atoms with Crippen molar-refractivity contribution in [2.45, 2.75) is 31.3 Å². The minimum absolute atomic E-state index is 0.0224. The smallest absolute Gasteiger partial charge is 0.244 e. The third-order valence-electron chi connectivity index (χ3n) is 5.99. The van der Waals surface area contributed by atoms with Gasteiger partial charge in [0.05, 0.1) is 7.11 Å². The number of hydrogen-bond donors (Lipinski definition) is 1. The quantitative estimate of drug-likeness (QED) is 0.787. The third-order valence-corrected chi connectivity index (χ3v) is 5.99. The van der Waals surface area contributed by atoms with Gasteiger partial charge < -0.3 is 10.1 Å². The molecule has 3 saturated heterocycles. The number of benzene rings is 1. The maximum Gasteiger partial charge on any atom is 0.244 e. The number of rotatable bonds is 6. The van der Waals surface area contributed by atoms with Crippen LogP contribution in [0.5, 0.6) is 5.75 Å². The van der Waals surface area contributed by atoms with Crippen molar-refractivity contribution in [3.63, 3.8) is 0 Å². The first-order chi connectivity index (χ1) is 13.7. The van der Waals surface area contributed by atoms with Crippen LogP contribution in [0.4, 0.5) is 0 Å². The Balaban J connectivity index is 1.43. The number of methoxy groups -OCH3 is 1. The van der Waals surface area contributed by atoms with Crippen molar-refractivity contribution < 1.29 is 9.53 Å². The fourth-order valence-electron chi connectivity index (χ4n) is 4.48. The zero-order chi connectivity index (χ0) is 19.3. The standard InChI is InChI=1S/C23H27N3O2/c1-28-20-7-4-17(5-8-20)6-9-22(27)25-23-19-10-13-26(14-11-19)21(23)15-18-3-2-12-24-16-18/h2-9,12,16,19,21,23H,10-11,13-15H2,1H3,(H,25,27)/b9-6+. The second-order valence-electron chi connectivity index (χ2n) is 7.65. The molecule has 2 bridgehead atoms. The molecular formula is C23H27N3O2. The van der Waals surface area contributed by atoms with Gasteiger partial charge in [0, 0.05) is 30.6 Å². The largest absolute Gasteiger partial charge is 0.497 e. The van der Waals surface area contributed by atoms with Gasteiger partial charge in [-0.1, -0.05) is 18.2 Å². The molecule has 1 amide bonds. The Morgan fingerprint density at radius 3 is 2.71 bits per heavy atom. The summed E-state index contributed by atoms with van der Waals surface area (Å²) in [5.41, 5.74) is 2.21. The maximum atomic E-state index is 12.6. The number of amides is 1. The highest BCUT2D eigenvalue weighted by atomic mass is 16.5. The molecule has 4 heterocycles. The van der Waals surface area contributed by atoms with Crippen molar-refractivity contribution >= 4 is 12.0 Å². The molecule has 0 aliphatic carbocycles. The van der Waals surface area contributed by atoms with Gasteiger partial charge in [-0.05, 0) is 73.7 Å². The van der Waals surface area contributed by atoms with Gasteiger partial charge in [-0.25, -0.2) is 0 Å². The molecule has 5 rings (SSSR count). The van der Waals surface area contributed by atoms with E-state index >= 15 is 0 Å². The lowest BCUT2D eigenvalue weighted by molar-refractivity contribution is -0.119. The van der Waals surface area contributed by atoms with Gasteiger partial charge in [0.15, 0.2) is 0 Å². The molecule has 0 spiro atoms. The fraction of sp³-hybridized carbons (Fsp3) is 0.391. The molecule has 2 aromatic rings. The lowest BCUT2D eigenvalue weighted by Crippen LogP contribution is -2.64. The van der Waals surface area contributed by atoms with Crippen molar-refractivity contribution in [2.24, 2.45) is 5.92 Å². The first-order valence-corrected chi connectivity index (χ1v) is 9.98. The number of nitrogens with zero attached hydrogens (tertiary/aromatic N) is 2. The summed E-state index contributed by atoms with van der Waals surface area (Å²) in [6.45, 7) is 2.26. The molecule has 0 radical (unpaired) electrons. The first kappa shape index (κ1) is 18.7. The summed E-state index contributed by atoms with van der Waals surface area (Å²) in [7, 11) is 1.65. The molecular weight excluding hydrogens is 350 g/mol. The van der Waals surface area contributed by atoms with Gasteiger partial charge in [0.1, 0.15) is 5.75 Å². The summed E-state index contributed by atoms with van der Waals surface area (Å²) < 4.78 is 5.17. The number of aromatic nitrogens is 1. The van der Waals surface area contributed by atoms with Crippen LogP contribution in [0.2, 0.25) is 0 Å². The normalized spacial score (nSPS) is 26.3. The molecule has 3 aliphatic rings. The Labute approximate surface area is 166 Å². The molecule has 2 atom stereocenters. The SMILES string of the molecule is COc1ccc(/C=C/C(=O)NC2C3CCN(CC3)C2Cc2cccnc2)cc1. The van der Waals surface area contributed by atoms with E-state index in [2.05, 4.69) is 21.3 Å². The van der Waals surface area contributed by atoms with Crippen molar-refractivity contribution in [1.82, 2.24) is 15.2 Å². The topological polar surface area (TPSA) is 54.5 Å². The molecule has 28 heavy (non-hydrogen) atoms. The van der Waals surface area contributed by atoms with Crippen molar-refractivity contribution in [3.05, 3.63) is 66.0 Å². The molecule has 5 nitrogen and oxygen atoms in total. The number of pyridine rings is 1. The average molecular weight is 377 g/mol. The number of carbonyl (C=O) groups is 1. The van der Waals surface area contributed by atoms with E-state index in [1.165, 1.54) is 5.56 Å². The molecule has 3 fully saturated rings. The van der Waals surface area contributed by atoms with Gasteiger partial charge in [0.25, 0.3) is 0 Å². The van der Waals surface area contributed by atoms with Crippen LogP contribution >= 0.6 is 0 Å². The number of hydrogen-bond acceptors (Lipinski definition) is 4. The van der Waals surface area contributed by atoms with E-state index in [1.54, 1.807) is 19.4 Å². The molecule has 5 heteroatoms. The van der Waals surface area contributed by atoms with Gasteiger partial charge >= 0.3 is 0 Å².